The van der Waals surface area contributed by atoms with Crippen LogP contribution in [0.15, 0.2) is 48.5 Å². The lowest BCUT2D eigenvalue weighted by molar-refractivity contribution is -0.862. The number of quaternary nitrogens is 1. The molecule has 7 heteroatoms. The van der Waals surface area contributed by atoms with Gasteiger partial charge in [0.2, 0.25) is 0 Å². The van der Waals surface area contributed by atoms with E-state index >= 15 is 0 Å². The summed E-state index contributed by atoms with van der Waals surface area (Å²) in [7, 11) is 1.78. The summed E-state index contributed by atoms with van der Waals surface area (Å²) in [5.74, 6) is -0.576. The lowest BCUT2D eigenvalue weighted by Crippen LogP contribution is -3.11. The molecule has 0 heterocycles. The summed E-state index contributed by atoms with van der Waals surface area (Å²) in [4.78, 5) is 38.2. The van der Waals surface area contributed by atoms with Crippen LogP contribution in [0.3, 0.4) is 0 Å². The number of hydrogen-bond acceptors (Lipinski definition) is 3. The van der Waals surface area contributed by atoms with Gasteiger partial charge in [0, 0.05) is 11.7 Å². The molecule has 31 heavy (non-hydrogen) atoms. The molecule has 0 aromatic heterocycles. The molecule has 3 amide bonds. The number of likely N-dealkylation sites (N-methyl/N-ethyl adjacent to an activating group) is 1. The second kappa shape index (κ2) is 10.7. The fourth-order valence-corrected chi connectivity index (χ4v) is 3.77. The van der Waals surface area contributed by atoms with Crippen molar-refractivity contribution in [2.24, 2.45) is 0 Å². The van der Waals surface area contributed by atoms with Gasteiger partial charge >= 0.3 is 0 Å². The van der Waals surface area contributed by atoms with Crippen molar-refractivity contribution < 1.29 is 19.3 Å². The van der Waals surface area contributed by atoms with E-state index in [1.807, 2.05) is 31.2 Å². The van der Waals surface area contributed by atoms with Crippen LogP contribution in [0, 0.1) is 6.92 Å². The summed E-state index contributed by atoms with van der Waals surface area (Å²) in [5.41, 5.74) is 2.79. The third-order valence-electron chi connectivity index (χ3n) is 5.40. The lowest BCUT2D eigenvalue weighted by atomic mass is 10.1. The van der Waals surface area contributed by atoms with E-state index in [2.05, 4.69) is 16.0 Å². The summed E-state index contributed by atoms with van der Waals surface area (Å²) in [6, 6.07) is 14.8. The number of aryl methyl sites for hydroxylation is 1. The number of benzene rings is 2. The minimum atomic E-state index is -0.248. The summed E-state index contributed by atoms with van der Waals surface area (Å²) in [6.07, 6.45) is 4.27. The molecule has 1 unspecified atom stereocenters. The van der Waals surface area contributed by atoms with E-state index in [0.29, 0.717) is 11.3 Å². The highest BCUT2D eigenvalue weighted by atomic mass is 16.2. The van der Waals surface area contributed by atoms with Gasteiger partial charge in [-0.2, -0.15) is 0 Å². The highest BCUT2D eigenvalue weighted by Gasteiger charge is 2.21. The van der Waals surface area contributed by atoms with Crippen LogP contribution in [0.5, 0.6) is 0 Å². The summed E-state index contributed by atoms with van der Waals surface area (Å²) < 4.78 is 0. The fourth-order valence-electron chi connectivity index (χ4n) is 3.77. The molecular formula is C24H31N4O3+. The third kappa shape index (κ3) is 6.93. The SMILES string of the molecule is Cc1ccc(NC(=O)C[NH+](C)CC(=O)Nc2ccccc2C(=O)NC2CCCC2)cc1. The molecule has 1 saturated carbocycles. The first-order chi connectivity index (χ1) is 14.9. The Bertz CT molecular complexity index is 921. The van der Waals surface area contributed by atoms with Crippen molar-refractivity contribution in [1.29, 1.82) is 0 Å². The number of carbonyl (C=O) groups is 3. The minimum absolute atomic E-state index is 0.111. The van der Waals surface area contributed by atoms with E-state index in [4.69, 9.17) is 0 Å². The number of nitrogens with one attached hydrogen (secondary N) is 4. The van der Waals surface area contributed by atoms with E-state index in [-0.39, 0.29) is 36.9 Å². The number of rotatable bonds is 8. The fraction of sp³-hybridized carbons (Fsp3) is 0.375. The van der Waals surface area contributed by atoms with Crippen LogP contribution < -0.4 is 20.9 Å². The smallest absolute Gasteiger partial charge is 0.279 e. The Labute approximate surface area is 183 Å². The van der Waals surface area contributed by atoms with Gasteiger partial charge in [0.1, 0.15) is 0 Å². The zero-order chi connectivity index (χ0) is 22.2. The molecule has 3 rings (SSSR count). The van der Waals surface area contributed by atoms with Crippen molar-refractivity contribution in [3.05, 3.63) is 59.7 Å². The molecule has 0 bridgehead atoms. The average Bonchev–Trinajstić information content (AvgIpc) is 3.22. The van der Waals surface area contributed by atoms with Crippen LogP contribution in [0.4, 0.5) is 11.4 Å². The third-order valence-corrected chi connectivity index (χ3v) is 5.40. The maximum atomic E-state index is 12.6. The first-order valence-electron chi connectivity index (χ1n) is 10.8. The van der Waals surface area contributed by atoms with Gasteiger partial charge in [0.25, 0.3) is 17.7 Å². The molecule has 2 aromatic rings. The quantitative estimate of drug-likeness (QED) is 0.521. The van der Waals surface area contributed by atoms with Crippen LogP contribution in [0.25, 0.3) is 0 Å². The Hall–Kier alpha value is -3.19. The molecule has 1 aliphatic carbocycles. The van der Waals surface area contributed by atoms with E-state index in [9.17, 15) is 14.4 Å². The number of anilines is 2. The second-order valence-corrected chi connectivity index (χ2v) is 8.27. The molecule has 1 atom stereocenters. The monoisotopic (exact) mass is 423 g/mol. The molecule has 4 N–H and O–H groups in total. The number of amides is 3. The van der Waals surface area contributed by atoms with Crippen molar-refractivity contribution in [2.45, 2.75) is 38.6 Å². The van der Waals surface area contributed by atoms with E-state index in [0.717, 1.165) is 41.8 Å². The van der Waals surface area contributed by atoms with Crippen molar-refractivity contribution in [1.82, 2.24) is 5.32 Å². The predicted octanol–water partition coefficient (Wildman–Crippen LogP) is 1.76. The summed E-state index contributed by atoms with van der Waals surface area (Å²) in [6.45, 7) is 2.25. The summed E-state index contributed by atoms with van der Waals surface area (Å²) >= 11 is 0. The molecule has 2 aromatic carbocycles. The van der Waals surface area contributed by atoms with E-state index in [1.54, 1.807) is 31.3 Å². The topological polar surface area (TPSA) is 91.7 Å². The maximum Gasteiger partial charge on any atom is 0.279 e. The van der Waals surface area contributed by atoms with Gasteiger partial charge in [-0.15, -0.1) is 0 Å². The standard InChI is InChI=1S/C24H30N4O3/c1-17-11-13-19(14-12-17)25-22(29)15-28(2)16-23(30)27-21-10-6-5-9-20(21)24(31)26-18-7-3-4-8-18/h5-6,9-14,18H,3-4,7-8,15-16H2,1-2H3,(H,25,29)(H,26,31)(H,27,30)/p+1. The maximum absolute atomic E-state index is 12.6. The predicted molar refractivity (Wildman–Crippen MR) is 121 cm³/mol. The van der Waals surface area contributed by atoms with Gasteiger partial charge in [-0.25, -0.2) is 0 Å². The first kappa shape index (κ1) is 22.5. The van der Waals surface area contributed by atoms with Crippen LogP contribution in [0.2, 0.25) is 0 Å². The molecule has 1 fully saturated rings. The Morgan fingerprint density at radius 3 is 2.19 bits per heavy atom. The Morgan fingerprint density at radius 2 is 1.52 bits per heavy atom. The molecule has 1 aliphatic rings. The van der Waals surface area contributed by atoms with Crippen molar-refractivity contribution in [3.63, 3.8) is 0 Å². The van der Waals surface area contributed by atoms with E-state index < -0.39 is 0 Å². The normalized spacial score (nSPS) is 14.6. The number of carbonyl (C=O) groups excluding carboxylic acids is 3. The molecule has 7 nitrogen and oxygen atoms in total. The van der Waals surface area contributed by atoms with Gasteiger partial charge in [-0.05, 0) is 44.0 Å². The molecule has 0 radical (unpaired) electrons. The highest BCUT2D eigenvalue weighted by Crippen LogP contribution is 2.20. The molecule has 0 spiro atoms. The van der Waals surface area contributed by atoms with Gasteiger partial charge in [0.05, 0.1) is 18.3 Å². The first-order valence-corrected chi connectivity index (χ1v) is 10.8. The Balaban J connectivity index is 1.51. The van der Waals surface area contributed by atoms with Crippen LogP contribution >= 0.6 is 0 Å². The van der Waals surface area contributed by atoms with Crippen LogP contribution in [-0.4, -0.2) is 43.9 Å². The van der Waals surface area contributed by atoms with Gasteiger partial charge in [-0.1, -0.05) is 42.7 Å². The molecule has 0 aliphatic heterocycles. The average molecular weight is 424 g/mol. The van der Waals surface area contributed by atoms with Crippen molar-refractivity contribution in [2.75, 3.05) is 30.8 Å². The van der Waals surface area contributed by atoms with E-state index in [1.165, 1.54) is 0 Å². The summed E-state index contributed by atoms with van der Waals surface area (Å²) in [5, 5.41) is 8.71. The van der Waals surface area contributed by atoms with Gasteiger partial charge in [0.15, 0.2) is 13.1 Å². The van der Waals surface area contributed by atoms with Crippen LogP contribution in [-0.2, 0) is 9.59 Å². The lowest BCUT2D eigenvalue weighted by Gasteiger charge is -2.16. The highest BCUT2D eigenvalue weighted by molar-refractivity contribution is 6.04. The zero-order valence-corrected chi connectivity index (χ0v) is 18.2. The van der Waals surface area contributed by atoms with Crippen LogP contribution in [0.1, 0.15) is 41.6 Å². The molecule has 0 saturated heterocycles. The largest absolute Gasteiger partial charge is 0.349 e. The van der Waals surface area contributed by atoms with Crippen molar-refractivity contribution >= 4 is 29.1 Å². The van der Waals surface area contributed by atoms with Crippen molar-refractivity contribution in [3.8, 4) is 0 Å². The van der Waals surface area contributed by atoms with Gasteiger partial charge < -0.3 is 20.9 Å². The molecular weight excluding hydrogens is 392 g/mol. The van der Waals surface area contributed by atoms with Gasteiger partial charge in [-0.3, -0.25) is 14.4 Å². The second-order valence-electron chi connectivity index (χ2n) is 8.27. The Morgan fingerprint density at radius 1 is 0.903 bits per heavy atom. The number of para-hydroxylation sites is 1. The zero-order valence-electron chi connectivity index (χ0n) is 18.2. The minimum Gasteiger partial charge on any atom is -0.349 e. The molecule has 164 valence electrons. The Kier molecular flexibility index (Phi) is 7.78. The number of hydrogen-bond donors (Lipinski definition) is 4.